The number of nitrogens with one attached hydrogen (secondary N) is 2. The van der Waals surface area contributed by atoms with Crippen LogP contribution in [0.25, 0.3) is 10.1 Å². The SMILES string of the molecule is N#Cc1c(N)n[nH]c1CCCNC(=O)c1cc2ccccc2s1. The molecule has 0 atom stereocenters. The average Bonchev–Trinajstić information content (AvgIpc) is 3.14. The van der Waals surface area contributed by atoms with Crippen LogP contribution in [0, 0.1) is 11.3 Å². The van der Waals surface area contributed by atoms with Gasteiger partial charge >= 0.3 is 0 Å². The van der Waals surface area contributed by atoms with Crippen molar-refractivity contribution in [2.45, 2.75) is 12.8 Å². The highest BCUT2D eigenvalue weighted by molar-refractivity contribution is 7.20. The highest BCUT2D eigenvalue weighted by Crippen LogP contribution is 2.25. The van der Waals surface area contributed by atoms with Crippen LogP contribution >= 0.6 is 11.3 Å². The summed E-state index contributed by atoms with van der Waals surface area (Å²) in [6, 6.07) is 11.8. The van der Waals surface area contributed by atoms with E-state index in [1.165, 1.54) is 11.3 Å². The van der Waals surface area contributed by atoms with Crippen molar-refractivity contribution in [3.63, 3.8) is 0 Å². The Labute approximate surface area is 136 Å². The lowest BCUT2D eigenvalue weighted by Crippen LogP contribution is -2.23. The fourth-order valence-electron chi connectivity index (χ4n) is 2.35. The molecule has 0 aliphatic carbocycles. The minimum absolute atomic E-state index is 0.0733. The smallest absolute Gasteiger partial charge is 0.261 e. The maximum Gasteiger partial charge on any atom is 0.261 e. The van der Waals surface area contributed by atoms with Crippen LogP contribution in [-0.4, -0.2) is 22.6 Å². The van der Waals surface area contributed by atoms with Gasteiger partial charge in [0, 0.05) is 11.2 Å². The van der Waals surface area contributed by atoms with Crippen molar-refractivity contribution < 1.29 is 4.79 Å². The number of amides is 1. The molecule has 0 unspecified atom stereocenters. The van der Waals surface area contributed by atoms with E-state index in [9.17, 15) is 4.79 Å². The Morgan fingerprint density at radius 1 is 1.43 bits per heavy atom. The first-order valence-corrected chi connectivity index (χ1v) is 8.00. The molecule has 0 aliphatic rings. The number of hydrogen-bond donors (Lipinski definition) is 3. The zero-order chi connectivity index (χ0) is 16.2. The lowest BCUT2D eigenvalue weighted by atomic mass is 10.1. The summed E-state index contributed by atoms with van der Waals surface area (Å²) in [6.45, 7) is 0.525. The molecule has 3 rings (SSSR count). The van der Waals surface area contributed by atoms with Gasteiger partial charge in [0.15, 0.2) is 5.82 Å². The third-order valence-electron chi connectivity index (χ3n) is 3.52. The molecule has 1 amide bonds. The van der Waals surface area contributed by atoms with Crippen LogP contribution in [0.4, 0.5) is 5.82 Å². The van der Waals surface area contributed by atoms with Gasteiger partial charge in [0.05, 0.1) is 10.6 Å². The molecule has 4 N–H and O–H groups in total. The van der Waals surface area contributed by atoms with Gasteiger partial charge in [-0.05, 0) is 30.4 Å². The molecule has 2 heterocycles. The predicted molar refractivity (Wildman–Crippen MR) is 90.2 cm³/mol. The fraction of sp³-hybridized carbons (Fsp3) is 0.188. The van der Waals surface area contributed by atoms with Gasteiger partial charge in [0.1, 0.15) is 11.6 Å². The first-order chi connectivity index (χ1) is 11.2. The molecule has 7 heteroatoms. The monoisotopic (exact) mass is 325 g/mol. The second-order valence-electron chi connectivity index (χ2n) is 5.08. The topological polar surface area (TPSA) is 108 Å². The van der Waals surface area contributed by atoms with Crippen molar-refractivity contribution in [2.24, 2.45) is 0 Å². The molecular weight excluding hydrogens is 310 g/mol. The van der Waals surface area contributed by atoms with Gasteiger partial charge in [-0.25, -0.2) is 0 Å². The lowest BCUT2D eigenvalue weighted by molar-refractivity contribution is 0.0957. The van der Waals surface area contributed by atoms with Crippen LogP contribution in [0.1, 0.15) is 27.3 Å². The molecule has 0 bridgehead atoms. The summed E-state index contributed by atoms with van der Waals surface area (Å²) in [7, 11) is 0. The molecule has 6 nitrogen and oxygen atoms in total. The number of hydrogen-bond acceptors (Lipinski definition) is 5. The number of carbonyl (C=O) groups is 1. The van der Waals surface area contributed by atoms with E-state index >= 15 is 0 Å². The van der Waals surface area contributed by atoms with Crippen LogP contribution in [0.2, 0.25) is 0 Å². The molecule has 0 fully saturated rings. The number of rotatable bonds is 5. The van der Waals surface area contributed by atoms with Crippen molar-refractivity contribution in [1.29, 1.82) is 5.26 Å². The molecule has 0 aliphatic heterocycles. The molecule has 0 saturated carbocycles. The molecule has 0 spiro atoms. The molecule has 2 aromatic heterocycles. The summed E-state index contributed by atoms with van der Waals surface area (Å²) in [5.41, 5.74) is 6.68. The number of aryl methyl sites for hydroxylation is 1. The van der Waals surface area contributed by atoms with Crippen LogP contribution in [0.5, 0.6) is 0 Å². The summed E-state index contributed by atoms with van der Waals surface area (Å²) in [5.74, 6) is 0.146. The van der Waals surface area contributed by atoms with E-state index in [0.717, 1.165) is 10.1 Å². The quantitative estimate of drug-likeness (QED) is 0.626. The van der Waals surface area contributed by atoms with E-state index in [-0.39, 0.29) is 11.7 Å². The zero-order valence-corrected chi connectivity index (χ0v) is 13.1. The number of H-pyrrole nitrogens is 1. The van der Waals surface area contributed by atoms with Crippen LogP contribution in [0.3, 0.4) is 0 Å². The second kappa shape index (κ2) is 6.50. The maximum atomic E-state index is 12.2. The highest BCUT2D eigenvalue weighted by atomic mass is 32.1. The van der Waals surface area contributed by atoms with Crippen molar-refractivity contribution in [3.05, 3.63) is 46.5 Å². The number of nitrogens with zero attached hydrogens (tertiary/aromatic N) is 2. The summed E-state index contributed by atoms with van der Waals surface area (Å²) < 4.78 is 1.10. The number of nitrogen functional groups attached to an aromatic ring is 1. The predicted octanol–water partition coefficient (Wildman–Crippen LogP) is 2.44. The van der Waals surface area contributed by atoms with Gasteiger partial charge < -0.3 is 11.1 Å². The molecule has 23 heavy (non-hydrogen) atoms. The van der Waals surface area contributed by atoms with Crippen molar-refractivity contribution in [1.82, 2.24) is 15.5 Å². The van der Waals surface area contributed by atoms with Crippen LogP contribution in [0.15, 0.2) is 30.3 Å². The Kier molecular flexibility index (Phi) is 4.26. The standard InChI is InChI=1S/C16H15N5OS/c17-9-11-12(20-21-15(11)18)5-3-7-19-16(22)14-8-10-4-1-2-6-13(10)23-14/h1-2,4,6,8H,3,5,7H2,(H,19,22)(H3,18,20,21). The van der Waals surface area contributed by atoms with E-state index in [1.807, 2.05) is 36.4 Å². The molecule has 3 aromatic rings. The van der Waals surface area contributed by atoms with E-state index in [0.29, 0.717) is 35.5 Å². The molecule has 0 radical (unpaired) electrons. The second-order valence-corrected chi connectivity index (χ2v) is 6.17. The number of fused-ring (bicyclic) bond motifs is 1. The zero-order valence-electron chi connectivity index (χ0n) is 12.3. The number of carbonyl (C=O) groups excluding carboxylic acids is 1. The third kappa shape index (κ3) is 3.17. The Morgan fingerprint density at radius 3 is 3.04 bits per heavy atom. The van der Waals surface area contributed by atoms with Crippen molar-refractivity contribution >= 4 is 33.1 Å². The van der Waals surface area contributed by atoms with Crippen molar-refractivity contribution in [3.8, 4) is 6.07 Å². The number of aromatic amines is 1. The van der Waals surface area contributed by atoms with E-state index in [2.05, 4.69) is 15.5 Å². The third-order valence-corrected chi connectivity index (χ3v) is 4.63. The minimum Gasteiger partial charge on any atom is -0.381 e. The number of benzene rings is 1. The number of thiophene rings is 1. The van der Waals surface area contributed by atoms with Crippen LogP contribution < -0.4 is 11.1 Å². The molecular formula is C16H15N5OS. The largest absolute Gasteiger partial charge is 0.381 e. The Morgan fingerprint density at radius 2 is 2.26 bits per heavy atom. The van der Waals surface area contributed by atoms with Crippen molar-refractivity contribution in [2.75, 3.05) is 12.3 Å². The number of nitrogens with two attached hydrogens (primary N) is 1. The van der Waals surface area contributed by atoms with Gasteiger partial charge in [-0.1, -0.05) is 18.2 Å². The Bertz CT molecular complexity index is 856. The minimum atomic E-state index is -0.0733. The summed E-state index contributed by atoms with van der Waals surface area (Å²) in [4.78, 5) is 12.9. The number of anilines is 1. The normalized spacial score (nSPS) is 10.6. The average molecular weight is 325 g/mol. The number of aromatic nitrogens is 2. The Balaban J connectivity index is 1.54. The first-order valence-electron chi connectivity index (χ1n) is 7.18. The van der Waals surface area contributed by atoms with E-state index in [1.54, 1.807) is 0 Å². The fourth-order valence-corrected chi connectivity index (χ4v) is 3.33. The molecule has 0 saturated heterocycles. The summed E-state index contributed by atoms with van der Waals surface area (Å²) in [5, 5.41) is 19.5. The van der Waals surface area contributed by atoms with E-state index in [4.69, 9.17) is 11.0 Å². The Hall–Kier alpha value is -2.85. The van der Waals surface area contributed by atoms with Gasteiger partial charge in [-0.3, -0.25) is 9.89 Å². The van der Waals surface area contributed by atoms with Crippen LogP contribution in [-0.2, 0) is 6.42 Å². The lowest BCUT2D eigenvalue weighted by Gasteiger charge is -2.02. The number of nitriles is 1. The first kappa shape index (κ1) is 15.1. The highest BCUT2D eigenvalue weighted by Gasteiger charge is 2.11. The molecule has 116 valence electrons. The maximum absolute atomic E-state index is 12.2. The van der Waals surface area contributed by atoms with Gasteiger partial charge in [-0.15, -0.1) is 11.3 Å². The van der Waals surface area contributed by atoms with Gasteiger partial charge in [0.2, 0.25) is 0 Å². The van der Waals surface area contributed by atoms with Gasteiger partial charge in [0.25, 0.3) is 5.91 Å². The van der Waals surface area contributed by atoms with E-state index < -0.39 is 0 Å². The summed E-state index contributed by atoms with van der Waals surface area (Å²) >= 11 is 1.48. The van der Waals surface area contributed by atoms with Gasteiger partial charge in [-0.2, -0.15) is 10.4 Å². The summed E-state index contributed by atoms with van der Waals surface area (Å²) in [6.07, 6.45) is 1.31. The molecule has 1 aromatic carbocycles.